The van der Waals surface area contributed by atoms with Crippen molar-refractivity contribution in [2.75, 3.05) is 37.6 Å². The van der Waals surface area contributed by atoms with Gasteiger partial charge in [-0.3, -0.25) is 4.79 Å². The van der Waals surface area contributed by atoms with E-state index in [1.807, 2.05) is 26.0 Å². The molecule has 1 fully saturated rings. The van der Waals surface area contributed by atoms with Crippen LogP contribution >= 0.6 is 0 Å². The molecule has 1 aromatic heterocycles. The lowest BCUT2D eigenvalue weighted by Crippen LogP contribution is -2.46. The zero-order chi connectivity index (χ0) is 23.1. The van der Waals surface area contributed by atoms with Gasteiger partial charge in [-0.1, -0.05) is 19.9 Å². The number of sulfonamides is 1. The highest BCUT2D eigenvalue weighted by Gasteiger charge is 2.18. The number of benzene rings is 1. The number of nitrogens with one attached hydrogen (secondary N) is 2. The maximum atomic E-state index is 12.5. The first-order valence-corrected chi connectivity index (χ1v) is 12.6. The minimum Gasteiger partial charge on any atom is -0.354 e. The van der Waals surface area contributed by atoms with E-state index >= 15 is 0 Å². The Morgan fingerprint density at radius 1 is 1.06 bits per heavy atom. The molecule has 0 aliphatic carbocycles. The molecule has 1 aliphatic heterocycles. The molecule has 1 atom stereocenters. The molecule has 0 bridgehead atoms. The van der Waals surface area contributed by atoms with E-state index in [0.717, 1.165) is 44.1 Å². The van der Waals surface area contributed by atoms with Crippen LogP contribution in [0.2, 0.25) is 0 Å². The summed E-state index contributed by atoms with van der Waals surface area (Å²) in [6.07, 6.45) is 2.49. The third-order valence-corrected chi connectivity index (χ3v) is 7.41. The van der Waals surface area contributed by atoms with Gasteiger partial charge in [0, 0.05) is 50.5 Å². The molecule has 0 spiro atoms. The van der Waals surface area contributed by atoms with E-state index in [-0.39, 0.29) is 16.8 Å². The second-order valence-electron chi connectivity index (χ2n) is 8.08. The summed E-state index contributed by atoms with van der Waals surface area (Å²) in [7, 11) is -3.58. The predicted molar refractivity (Wildman–Crippen MR) is 126 cm³/mol. The third-order valence-electron chi connectivity index (χ3n) is 5.80. The second kappa shape index (κ2) is 10.9. The molecule has 32 heavy (non-hydrogen) atoms. The average molecular weight is 460 g/mol. The van der Waals surface area contributed by atoms with Crippen LogP contribution in [0.5, 0.6) is 0 Å². The van der Waals surface area contributed by atoms with E-state index in [0.29, 0.717) is 18.5 Å². The number of piperazine rings is 1. The van der Waals surface area contributed by atoms with Gasteiger partial charge < -0.3 is 15.1 Å². The maximum Gasteiger partial charge on any atom is 0.251 e. The van der Waals surface area contributed by atoms with Gasteiger partial charge >= 0.3 is 0 Å². The number of nitrogens with zero attached hydrogens (tertiary/aromatic N) is 3. The molecule has 3 rings (SSSR count). The summed E-state index contributed by atoms with van der Waals surface area (Å²) in [5, 5.41) is 2.86. The molecule has 0 radical (unpaired) electrons. The highest BCUT2D eigenvalue weighted by Crippen LogP contribution is 2.15. The lowest BCUT2D eigenvalue weighted by Gasteiger charge is -2.34. The van der Waals surface area contributed by atoms with Gasteiger partial charge in [0.15, 0.2) is 0 Å². The normalized spacial score (nSPS) is 16.0. The quantitative estimate of drug-likeness (QED) is 0.597. The van der Waals surface area contributed by atoms with Crippen LogP contribution in [-0.2, 0) is 16.6 Å². The zero-order valence-corrected chi connectivity index (χ0v) is 19.9. The first-order valence-electron chi connectivity index (χ1n) is 11.1. The minimum absolute atomic E-state index is 0.147. The number of pyridine rings is 1. The fourth-order valence-electron chi connectivity index (χ4n) is 3.49. The van der Waals surface area contributed by atoms with Crippen LogP contribution in [0.3, 0.4) is 0 Å². The number of anilines is 1. The number of hydrogen-bond acceptors (Lipinski definition) is 6. The van der Waals surface area contributed by atoms with Crippen molar-refractivity contribution in [2.45, 2.75) is 44.7 Å². The maximum absolute atomic E-state index is 12.5. The molecular weight excluding hydrogens is 426 g/mol. The third kappa shape index (κ3) is 6.27. The summed E-state index contributed by atoms with van der Waals surface area (Å²) in [5.74, 6) is 0.697. The summed E-state index contributed by atoms with van der Waals surface area (Å²) in [6.45, 7) is 11.4. The fourth-order valence-corrected chi connectivity index (χ4v) is 4.81. The molecule has 174 valence electrons. The van der Waals surface area contributed by atoms with Gasteiger partial charge in [0.05, 0.1) is 4.90 Å². The van der Waals surface area contributed by atoms with Crippen LogP contribution < -0.4 is 14.9 Å². The Kier molecular flexibility index (Phi) is 8.22. The van der Waals surface area contributed by atoms with Crippen LogP contribution in [0.4, 0.5) is 5.82 Å². The molecule has 1 aliphatic rings. The number of rotatable bonds is 9. The van der Waals surface area contributed by atoms with Gasteiger partial charge in [-0.15, -0.1) is 0 Å². The highest BCUT2D eigenvalue weighted by molar-refractivity contribution is 7.89. The van der Waals surface area contributed by atoms with Crippen molar-refractivity contribution in [1.29, 1.82) is 0 Å². The summed E-state index contributed by atoms with van der Waals surface area (Å²) < 4.78 is 27.3. The summed E-state index contributed by atoms with van der Waals surface area (Å²) in [6, 6.07) is 9.78. The Morgan fingerprint density at radius 3 is 2.31 bits per heavy atom. The van der Waals surface area contributed by atoms with Gasteiger partial charge in [0.25, 0.3) is 5.91 Å². The topological polar surface area (TPSA) is 94.6 Å². The van der Waals surface area contributed by atoms with Gasteiger partial charge in [-0.05, 0) is 55.8 Å². The Hall–Kier alpha value is -2.49. The highest BCUT2D eigenvalue weighted by atomic mass is 32.2. The summed E-state index contributed by atoms with van der Waals surface area (Å²) in [5.41, 5.74) is 1.32. The fraction of sp³-hybridized carbons (Fsp3) is 0.478. The Labute approximate surface area is 191 Å². The van der Waals surface area contributed by atoms with Crippen LogP contribution in [0.15, 0.2) is 47.5 Å². The number of aromatic nitrogens is 1. The lowest BCUT2D eigenvalue weighted by atomic mass is 10.2. The molecule has 2 N–H and O–H groups in total. The number of carbonyl (C=O) groups excluding carboxylic acids is 1. The number of amides is 1. The predicted octanol–water partition coefficient (Wildman–Crippen LogP) is 2.23. The molecular formula is C23H33N5O3S. The molecule has 9 heteroatoms. The van der Waals surface area contributed by atoms with Crippen LogP contribution in [-0.4, -0.2) is 63.0 Å². The van der Waals surface area contributed by atoms with Crippen molar-refractivity contribution in [3.63, 3.8) is 0 Å². The monoisotopic (exact) mass is 459 g/mol. The molecule has 1 saturated heterocycles. The Morgan fingerprint density at radius 2 is 1.75 bits per heavy atom. The number of carbonyl (C=O) groups is 1. The largest absolute Gasteiger partial charge is 0.354 e. The molecule has 1 aromatic carbocycles. The van der Waals surface area contributed by atoms with Crippen molar-refractivity contribution in [3.8, 4) is 0 Å². The first-order chi connectivity index (χ1) is 15.3. The second-order valence-corrected chi connectivity index (χ2v) is 9.80. The first kappa shape index (κ1) is 24.2. The van der Waals surface area contributed by atoms with Crippen LogP contribution in [0, 0.1) is 0 Å². The van der Waals surface area contributed by atoms with Crippen molar-refractivity contribution in [1.82, 2.24) is 19.9 Å². The van der Waals surface area contributed by atoms with Crippen LogP contribution in [0.1, 0.15) is 43.1 Å². The van der Waals surface area contributed by atoms with E-state index in [1.165, 1.54) is 24.3 Å². The molecule has 1 amide bonds. The minimum atomic E-state index is -3.58. The number of hydrogen-bond donors (Lipinski definition) is 2. The van der Waals surface area contributed by atoms with Crippen molar-refractivity contribution in [2.24, 2.45) is 0 Å². The standard InChI is InChI=1S/C23H33N5O3S/c1-4-18(3)26-32(30,31)21-9-7-20(8-10-21)23(29)25-17-19-6-11-22(24-16-19)28-14-12-27(5-2)13-15-28/h6-11,16,18,26H,4-5,12-15,17H2,1-3H3,(H,25,29). The SMILES string of the molecule is CCC(C)NS(=O)(=O)c1ccc(C(=O)NCc2ccc(N3CCN(CC)CC3)nc2)cc1. The van der Waals surface area contributed by atoms with Gasteiger partial charge in [0.1, 0.15) is 5.82 Å². The molecule has 8 nitrogen and oxygen atoms in total. The van der Waals surface area contributed by atoms with E-state index in [9.17, 15) is 13.2 Å². The molecule has 2 aromatic rings. The molecule has 1 unspecified atom stereocenters. The Balaban J connectivity index is 1.53. The van der Waals surface area contributed by atoms with Crippen molar-refractivity contribution < 1.29 is 13.2 Å². The van der Waals surface area contributed by atoms with E-state index < -0.39 is 10.0 Å². The number of likely N-dealkylation sites (N-methyl/N-ethyl adjacent to an activating group) is 1. The smallest absolute Gasteiger partial charge is 0.251 e. The summed E-state index contributed by atoms with van der Waals surface area (Å²) in [4.78, 5) is 21.9. The lowest BCUT2D eigenvalue weighted by molar-refractivity contribution is 0.0950. The van der Waals surface area contributed by atoms with Crippen molar-refractivity contribution >= 4 is 21.7 Å². The van der Waals surface area contributed by atoms with Crippen LogP contribution in [0.25, 0.3) is 0 Å². The van der Waals surface area contributed by atoms with Gasteiger partial charge in [-0.2, -0.15) is 0 Å². The molecule has 2 heterocycles. The Bertz CT molecular complexity index is 985. The van der Waals surface area contributed by atoms with Crippen molar-refractivity contribution in [3.05, 3.63) is 53.7 Å². The van der Waals surface area contributed by atoms with E-state index in [4.69, 9.17) is 0 Å². The van der Waals surface area contributed by atoms with E-state index in [1.54, 1.807) is 6.20 Å². The molecule has 0 saturated carbocycles. The zero-order valence-electron chi connectivity index (χ0n) is 19.0. The average Bonchev–Trinajstić information content (AvgIpc) is 2.82. The summed E-state index contributed by atoms with van der Waals surface area (Å²) >= 11 is 0. The van der Waals surface area contributed by atoms with E-state index in [2.05, 4.69) is 31.7 Å². The van der Waals surface area contributed by atoms with Gasteiger partial charge in [-0.25, -0.2) is 18.1 Å². The van der Waals surface area contributed by atoms with Gasteiger partial charge in [0.2, 0.25) is 10.0 Å².